The molecule has 0 aromatic heterocycles. The predicted octanol–water partition coefficient (Wildman–Crippen LogP) is 6.50. The highest BCUT2D eigenvalue weighted by Crippen LogP contribution is 2.45. The highest BCUT2D eigenvalue weighted by Gasteiger charge is 2.17. The van der Waals surface area contributed by atoms with Gasteiger partial charge >= 0.3 is 0 Å². The van der Waals surface area contributed by atoms with Crippen LogP contribution in [-0.4, -0.2) is 11.5 Å². The zero-order valence-corrected chi connectivity index (χ0v) is 14.1. The zero-order chi connectivity index (χ0) is 14.7. The smallest absolute Gasteiger partial charge is 0.0763 e. The van der Waals surface area contributed by atoms with Gasteiger partial charge in [-0.1, -0.05) is 62.4 Å². The molecule has 0 nitrogen and oxygen atoms in total. The van der Waals surface area contributed by atoms with Crippen molar-refractivity contribution in [1.82, 2.24) is 0 Å². The van der Waals surface area contributed by atoms with E-state index < -0.39 is 0 Å². The fourth-order valence-corrected chi connectivity index (χ4v) is 5.47. The lowest BCUT2D eigenvalue weighted by Crippen LogP contribution is -1.95. The predicted molar refractivity (Wildman–Crippen MR) is 100 cm³/mol. The molecule has 3 rings (SSSR count). The van der Waals surface area contributed by atoms with E-state index in [-0.39, 0.29) is 0 Å². The van der Waals surface area contributed by atoms with Gasteiger partial charge in [0.25, 0.3) is 0 Å². The van der Waals surface area contributed by atoms with E-state index in [4.69, 9.17) is 0 Å². The van der Waals surface area contributed by atoms with Crippen molar-refractivity contribution in [3.8, 4) is 0 Å². The summed E-state index contributed by atoms with van der Waals surface area (Å²) in [5.74, 6) is 2.30. The quantitative estimate of drug-likeness (QED) is 0.389. The number of hydrogen-bond acceptors (Lipinski definition) is 2. The molecule has 0 atom stereocenters. The lowest BCUT2D eigenvalue weighted by molar-refractivity contribution is 1.40. The number of benzene rings is 3. The van der Waals surface area contributed by atoms with Gasteiger partial charge in [-0.3, -0.25) is 0 Å². The first-order valence-electron chi connectivity index (χ1n) is 7.48. The largest absolute Gasteiger partial charge is 0.143 e. The van der Waals surface area contributed by atoms with Crippen LogP contribution in [0, 0.1) is 0 Å². The third-order valence-corrected chi connectivity index (χ3v) is 6.24. The van der Waals surface area contributed by atoms with E-state index in [0.29, 0.717) is 4.58 Å². The highest BCUT2D eigenvalue weighted by atomic mass is 32.2. The van der Waals surface area contributed by atoms with E-state index in [1.165, 1.54) is 27.1 Å². The van der Waals surface area contributed by atoms with Crippen LogP contribution in [-0.2, 0) is 0 Å². The van der Waals surface area contributed by atoms with Crippen molar-refractivity contribution in [2.75, 3.05) is 11.5 Å². The lowest BCUT2D eigenvalue weighted by atomic mass is 9.98. The van der Waals surface area contributed by atoms with Crippen molar-refractivity contribution in [2.45, 2.75) is 18.4 Å². The molecule has 108 valence electrons. The van der Waals surface area contributed by atoms with Crippen LogP contribution in [0.2, 0.25) is 0 Å². The molecule has 0 N–H and O–H groups in total. The zero-order valence-electron chi connectivity index (χ0n) is 12.5. The summed E-state index contributed by atoms with van der Waals surface area (Å²) in [6.45, 7) is 4.50. The molecule has 0 amide bonds. The van der Waals surface area contributed by atoms with Crippen LogP contribution in [0.15, 0.2) is 54.6 Å². The molecule has 21 heavy (non-hydrogen) atoms. The molecule has 0 heterocycles. The van der Waals surface area contributed by atoms with Gasteiger partial charge in [-0.2, -0.15) is 0 Å². The average Bonchev–Trinajstić information content (AvgIpc) is 2.52. The monoisotopic (exact) mass is 312 g/mol. The number of thioether (sulfide) groups is 2. The van der Waals surface area contributed by atoms with Crippen molar-refractivity contribution in [2.24, 2.45) is 0 Å². The molecule has 0 saturated carbocycles. The summed E-state index contributed by atoms with van der Waals surface area (Å²) < 4.78 is 0.510. The summed E-state index contributed by atoms with van der Waals surface area (Å²) in [4.78, 5) is 0. The Hall–Kier alpha value is -1.12. The second-order valence-corrected chi connectivity index (χ2v) is 8.04. The molecule has 0 aliphatic carbocycles. The minimum atomic E-state index is 0.510. The minimum Gasteiger partial charge on any atom is -0.143 e. The van der Waals surface area contributed by atoms with Crippen molar-refractivity contribution in [1.29, 1.82) is 0 Å². The maximum Gasteiger partial charge on any atom is 0.0763 e. The second-order valence-electron chi connectivity index (χ2n) is 4.98. The molecular weight excluding hydrogens is 292 g/mol. The van der Waals surface area contributed by atoms with Crippen LogP contribution in [0.1, 0.15) is 24.0 Å². The molecule has 0 aliphatic heterocycles. The van der Waals surface area contributed by atoms with Crippen LogP contribution < -0.4 is 0 Å². The molecule has 0 radical (unpaired) electrons. The fraction of sp³-hybridized carbons (Fsp3) is 0.263. The van der Waals surface area contributed by atoms with Gasteiger partial charge in [0.2, 0.25) is 0 Å². The fourth-order valence-electron chi connectivity index (χ4n) is 2.82. The lowest BCUT2D eigenvalue weighted by Gasteiger charge is -2.20. The molecule has 3 aromatic carbocycles. The highest BCUT2D eigenvalue weighted by molar-refractivity contribution is 8.16. The summed E-state index contributed by atoms with van der Waals surface area (Å²) in [5.41, 5.74) is 1.50. The molecule has 0 saturated heterocycles. The molecule has 0 bridgehead atoms. The van der Waals surface area contributed by atoms with E-state index in [1.54, 1.807) is 0 Å². The summed E-state index contributed by atoms with van der Waals surface area (Å²) in [7, 11) is 0. The Bertz CT molecular complexity index is 689. The van der Waals surface area contributed by atoms with Crippen LogP contribution in [0.4, 0.5) is 0 Å². The third-order valence-electron chi connectivity index (χ3n) is 3.68. The Kier molecular flexibility index (Phi) is 4.77. The van der Waals surface area contributed by atoms with E-state index in [0.717, 1.165) is 11.5 Å². The maximum absolute atomic E-state index is 2.32. The number of hydrogen-bond donors (Lipinski definition) is 0. The van der Waals surface area contributed by atoms with Gasteiger partial charge < -0.3 is 0 Å². The Labute approximate surface area is 135 Å². The molecule has 0 aliphatic rings. The molecular formula is C19H20S2. The van der Waals surface area contributed by atoms with Crippen molar-refractivity contribution < 1.29 is 0 Å². The summed E-state index contributed by atoms with van der Waals surface area (Å²) in [6.07, 6.45) is 0. The summed E-state index contributed by atoms with van der Waals surface area (Å²) >= 11 is 4.09. The van der Waals surface area contributed by atoms with Crippen molar-refractivity contribution in [3.05, 3.63) is 60.2 Å². The van der Waals surface area contributed by atoms with E-state index >= 15 is 0 Å². The molecule has 0 spiro atoms. The Morgan fingerprint density at radius 3 is 1.71 bits per heavy atom. The average molecular weight is 313 g/mol. The Balaban J connectivity index is 2.33. The van der Waals surface area contributed by atoms with Gasteiger partial charge in [-0.05, 0) is 44.7 Å². The number of rotatable bonds is 5. The summed E-state index contributed by atoms with van der Waals surface area (Å²) in [6, 6.07) is 19.9. The maximum atomic E-state index is 2.32. The summed E-state index contributed by atoms with van der Waals surface area (Å²) in [5, 5.41) is 5.51. The van der Waals surface area contributed by atoms with Gasteiger partial charge in [-0.25, -0.2) is 0 Å². The van der Waals surface area contributed by atoms with E-state index in [2.05, 4.69) is 68.4 Å². The van der Waals surface area contributed by atoms with Crippen molar-refractivity contribution >= 4 is 45.1 Å². The van der Waals surface area contributed by atoms with Gasteiger partial charge in [0.15, 0.2) is 0 Å². The first-order chi connectivity index (χ1) is 10.3. The SMILES string of the molecule is CCSC(SCC)c1c2ccccc2cc2ccccc12. The first kappa shape index (κ1) is 14.8. The van der Waals surface area contributed by atoms with Gasteiger partial charge in [-0.15, -0.1) is 23.5 Å². The van der Waals surface area contributed by atoms with Gasteiger partial charge in [0.1, 0.15) is 0 Å². The normalized spacial score (nSPS) is 11.6. The molecule has 3 aromatic rings. The standard InChI is InChI=1S/C19H20S2/c1-3-20-19(21-4-2)18-16-11-7-5-9-14(16)13-15-10-6-8-12-17(15)18/h5-13,19H,3-4H2,1-2H3. The Morgan fingerprint density at radius 1 is 0.762 bits per heavy atom. The van der Waals surface area contributed by atoms with Crippen LogP contribution in [0.25, 0.3) is 21.5 Å². The Morgan fingerprint density at radius 2 is 1.24 bits per heavy atom. The van der Waals surface area contributed by atoms with Crippen LogP contribution in [0.3, 0.4) is 0 Å². The first-order valence-corrected chi connectivity index (χ1v) is 9.58. The van der Waals surface area contributed by atoms with Crippen LogP contribution in [0.5, 0.6) is 0 Å². The number of fused-ring (bicyclic) bond motifs is 2. The topological polar surface area (TPSA) is 0 Å². The van der Waals surface area contributed by atoms with Gasteiger partial charge in [0.05, 0.1) is 4.58 Å². The molecule has 0 unspecified atom stereocenters. The van der Waals surface area contributed by atoms with Crippen molar-refractivity contribution in [3.63, 3.8) is 0 Å². The molecule has 0 fully saturated rings. The second kappa shape index (κ2) is 6.76. The van der Waals surface area contributed by atoms with Crippen LogP contribution >= 0.6 is 23.5 Å². The molecule has 2 heteroatoms. The van der Waals surface area contributed by atoms with E-state index in [9.17, 15) is 0 Å². The van der Waals surface area contributed by atoms with E-state index in [1.807, 2.05) is 23.5 Å². The third kappa shape index (κ3) is 2.93. The van der Waals surface area contributed by atoms with Gasteiger partial charge in [0, 0.05) is 0 Å². The minimum absolute atomic E-state index is 0.510.